The van der Waals surface area contributed by atoms with Crippen LogP contribution in [0.15, 0.2) is 60.9 Å². The van der Waals surface area contributed by atoms with E-state index in [1.54, 1.807) is 0 Å². The van der Waals surface area contributed by atoms with Crippen LogP contribution in [0.4, 0.5) is 5.69 Å². The lowest BCUT2D eigenvalue weighted by atomic mass is 9.76. The molecule has 0 N–H and O–H groups in total. The number of hydrogen-bond donors (Lipinski definition) is 0. The molecule has 0 spiro atoms. The van der Waals surface area contributed by atoms with Gasteiger partial charge in [-0.1, -0.05) is 51.3 Å². The fourth-order valence-corrected chi connectivity index (χ4v) is 3.21. The van der Waals surface area contributed by atoms with E-state index in [0.717, 1.165) is 18.5 Å². The van der Waals surface area contributed by atoms with Crippen LogP contribution in [0.25, 0.3) is 0 Å². The largest absolute Gasteiger partial charge is 0.345 e. The lowest BCUT2D eigenvalue weighted by Gasteiger charge is -2.30. The van der Waals surface area contributed by atoms with Crippen molar-refractivity contribution >= 4 is 5.69 Å². The number of rotatable bonds is 0. The molecule has 1 aromatic rings. The second kappa shape index (κ2) is 4.77. The van der Waals surface area contributed by atoms with Crippen LogP contribution in [0.3, 0.4) is 0 Å². The third kappa shape index (κ3) is 2.17. The average Bonchev–Trinajstić information content (AvgIpc) is 2.64. The summed E-state index contributed by atoms with van der Waals surface area (Å²) in [6.45, 7) is 12.9. The minimum Gasteiger partial charge on any atom is -0.345 e. The molecule has 3 rings (SSSR count). The molecule has 1 aliphatic carbocycles. The van der Waals surface area contributed by atoms with Gasteiger partial charge in [0.25, 0.3) is 0 Å². The Morgan fingerprint density at radius 1 is 1.00 bits per heavy atom. The van der Waals surface area contributed by atoms with Gasteiger partial charge in [0, 0.05) is 23.8 Å². The van der Waals surface area contributed by atoms with Crippen molar-refractivity contribution in [3.8, 4) is 0 Å². The third-order valence-corrected chi connectivity index (χ3v) is 4.88. The van der Waals surface area contributed by atoms with E-state index < -0.39 is 0 Å². The maximum atomic E-state index is 4.26. The molecule has 0 amide bonds. The van der Waals surface area contributed by atoms with Crippen LogP contribution < -0.4 is 4.90 Å². The maximum absolute atomic E-state index is 4.26. The standard InChI is InChI=1S/C20H23N/c1-14-8-6-10-16-12-17-11-7-9-15(2)21(5)19(17)13-18(16)20(14,3)4/h6-9,12-13H,1-2,10-11H2,3-5H3. The van der Waals surface area contributed by atoms with Gasteiger partial charge in [0.1, 0.15) is 0 Å². The molecule has 0 bridgehead atoms. The van der Waals surface area contributed by atoms with E-state index in [4.69, 9.17) is 0 Å². The topological polar surface area (TPSA) is 3.24 Å². The lowest BCUT2D eigenvalue weighted by Crippen LogP contribution is -2.22. The summed E-state index contributed by atoms with van der Waals surface area (Å²) in [7, 11) is 2.10. The summed E-state index contributed by atoms with van der Waals surface area (Å²) in [5.41, 5.74) is 7.64. The Hall–Kier alpha value is -2.02. The number of benzene rings is 1. The Bertz CT molecular complexity index is 686. The molecule has 0 radical (unpaired) electrons. The zero-order valence-corrected chi connectivity index (χ0v) is 13.2. The first-order chi connectivity index (χ1) is 9.91. The summed E-state index contributed by atoms with van der Waals surface area (Å²) in [5, 5.41) is 0. The molecular formula is C20H23N. The van der Waals surface area contributed by atoms with Gasteiger partial charge in [0.05, 0.1) is 0 Å². The normalized spacial score (nSPS) is 19.9. The minimum absolute atomic E-state index is 0.0285. The average molecular weight is 277 g/mol. The maximum Gasteiger partial charge on any atom is 0.0446 e. The Morgan fingerprint density at radius 3 is 2.43 bits per heavy atom. The molecule has 0 aromatic heterocycles. The van der Waals surface area contributed by atoms with Crippen LogP contribution in [0.5, 0.6) is 0 Å². The van der Waals surface area contributed by atoms with Gasteiger partial charge in [-0.15, -0.1) is 0 Å². The van der Waals surface area contributed by atoms with Gasteiger partial charge in [-0.2, -0.15) is 0 Å². The molecule has 0 saturated heterocycles. The van der Waals surface area contributed by atoms with Gasteiger partial charge in [0.2, 0.25) is 0 Å². The highest BCUT2D eigenvalue weighted by Crippen LogP contribution is 2.40. The molecule has 1 aliphatic heterocycles. The van der Waals surface area contributed by atoms with Crippen LogP contribution in [0, 0.1) is 0 Å². The van der Waals surface area contributed by atoms with E-state index in [1.807, 2.05) is 0 Å². The monoisotopic (exact) mass is 277 g/mol. The first kappa shape index (κ1) is 13.9. The molecule has 108 valence electrons. The molecule has 0 fully saturated rings. The smallest absolute Gasteiger partial charge is 0.0446 e. The second-order valence-corrected chi connectivity index (χ2v) is 6.55. The van der Waals surface area contributed by atoms with Gasteiger partial charge in [-0.25, -0.2) is 0 Å². The van der Waals surface area contributed by atoms with Gasteiger partial charge in [-0.05, 0) is 47.2 Å². The van der Waals surface area contributed by atoms with Gasteiger partial charge >= 0.3 is 0 Å². The zero-order valence-electron chi connectivity index (χ0n) is 13.2. The molecule has 1 heteroatoms. The molecule has 1 aromatic carbocycles. The van der Waals surface area contributed by atoms with E-state index in [9.17, 15) is 0 Å². The summed E-state index contributed by atoms with van der Waals surface area (Å²) in [6.07, 6.45) is 10.7. The fourth-order valence-electron chi connectivity index (χ4n) is 3.21. The van der Waals surface area contributed by atoms with Gasteiger partial charge in [-0.3, -0.25) is 0 Å². The van der Waals surface area contributed by atoms with Crippen molar-refractivity contribution in [1.29, 1.82) is 0 Å². The molecule has 2 aliphatic rings. The second-order valence-electron chi connectivity index (χ2n) is 6.55. The highest BCUT2D eigenvalue weighted by atomic mass is 15.1. The van der Waals surface area contributed by atoms with Crippen LogP contribution >= 0.6 is 0 Å². The van der Waals surface area contributed by atoms with E-state index in [2.05, 4.69) is 75.4 Å². The van der Waals surface area contributed by atoms with Crippen molar-refractivity contribution in [2.24, 2.45) is 0 Å². The predicted octanol–water partition coefficient (Wildman–Crippen LogP) is 4.69. The summed E-state index contributed by atoms with van der Waals surface area (Å²) < 4.78 is 0. The molecule has 0 saturated carbocycles. The van der Waals surface area contributed by atoms with Crippen molar-refractivity contribution in [2.75, 3.05) is 11.9 Å². The SMILES string of the molecule is C=C1C=CCc2cc3c(cc2N1C)C(C)(C)C(=C)C=CC3. The highest BCUT2D eigenvalue weighted by Gasteiger charge is 2.29. The zero-order chi connectivity index (χ0) is 15.2. The first-order valence-corrected chi connectivity index (χ1v) is 7.52. The van der Waals surface area contributed by atoms with Crippen molar-refractivity contribution in [3.05, 3.63) is 77.6 Å². The summed E-state index contributed by atoms with van der Waals surface area (Å²) >= 11 is 0. The molecule has 1 nitrogen and oxygen atoms in total. The van der Waals surface area contributed by atoms with E-state index in [-0.39, 0.29) is 5.41 Å². The summed E-state index contributed by atoms with van der Waals surface area (Å²) in [6, 6.07) is 4.72. The Morgan fingerprint density at radius 2 is 1.67 bits per heavy atom. The van der Waals surface area contributed by atoms with Gasteiger partial charge in [0.15, 0.2) is 0 Å². The van der Waals surface area contributed by atoms with Crippen molar-refractivity contribution < 1.29 is 0 Å². The highest BCUT2D eigenvalue weighted by molar-refractivity contribution is 5.66. The van der Waals surface area contributed by atoms with Gasteiger partial charge < -0.3 is 4.90 Å². The molecule has 0 unspecified atom stereocenters. The number of fused-ring (bicyclic) bond motifs is 2. The summed E-state index contributed by atoms with van der Waals surface area (Å²) in [4.78, 5) is 2.19. The number of nitrogens with zero attached hydrogens (tertiary/aromatic N) is 1. The quantitative estimate of drug-likeness (QED) is 0.664. The van der Waals surface area contributed by atoms with E-state index in [0.29, 0.717) is 0 Å². The number of allylic oxidation sites excluding steroid dienone is 5. The fraction of sp³-hybridized carbons (Fsp3) is 0.300. The van der Waals surface area contributed by atoms with Crippen molar-refractivity contribution in [3.63, 3.8) is 0 Å². The van der Waals surface area contributed by atoms with E-state index >= 15 is 0 Å². The first-order valence-electron chi connectivity index (χ1n) is 7.52. The molecular weight excluding hydrogens is 254 g/mol. The lowest BCUT2D eigenvalue weighted by molar-refractivity contribution is 0.639. The van der Waals surface area contributed by atoms with Crippen LogP contribution in [0.1, 0.15) is 30.5 Å². The third-order valence-electron chi connectivity index (χ3n) is 4.88. The molecule has 1 heterocycles. The number of likely N-dealkylation sites (N-methyl/N-ethyl adjacent to an activating group) is 1. The number of anilines is 1. The predicted molar refractivity (Wildman–Crippen MR) is 91.8 cm³/mol. The van der Waals surface area contributed by atoms with Crippen molar-refractivity contribution in [1.82, 2.24) is 0 Å². The van der Waals surface area contributed by atoms with Crippen LogP contribution in [-0.4, -0.2) is 7.05 Å². The Labute approximate surface area is 128 Å². The summed E-state index contributed by atoms with van der Waals surface area (Å²) in [5.74, 6) is 0. The molecule has 21 heavy (non-hydrogen) atoms. The molecule has 0 atom stereocenters. The Kier molecular flexibility index (Phi) is 3.16. The van der Waals surface area contributed by atoms with Crippen molar-refractivity contribution in [2.45, 2.75) is 32.1 Å². The Balaban J connectivity index is 2.23. The van der Waals surface area contributed by atoms with Crippen LogP contribution in [0.2, 0.25) is 0 Å². The number of hydrogen-bond acceptors (Lipinski definition) is 1. The van der Waals surface area contributed by atoms with Crippen LogP contribution in [-0.2, 0) is 18.3 Å². The van der Waals surface area contributed by atoms with E-state index in [1.165, 1.54) is 28.0 Å². The minimum atomic E-state index is -0.0285.